The van der Waals surface area contributed by atoms with Crippen molar-refractivity contribution in [2.45, 2.75) is 19.1 Å². The molecule has 4 rings (SSSR count). The lowest BCUT2D eigenvalue weighted by atomic mass is 10.0. The summed E-state index contributed by atoms with van der Waals surface area (Å²) >= 11 is 0. The number of fused-ring (bicyclic) bond motifs is 1. The number of nitrogens with zero attached hydrogens (tertiary/aromatic N) is 4. The van der Waals surface area contributed by atoms with Gasteiger partial charge in [-0.3, -0.25) is 9.40 Å². The molecule has 0 fully saturated rings. The molecular weight excluding hydrogens is 535 g/mol. The molecule has 0 amide bonds. The molecule has 0 atom stereocenters. The first kappa shape index (κ1) is 27.0. The van der Waals surface area contributed by atoms with Crippen LogP contribution in [0.5, 0.6) is 5.75 Å². The van der Waals surface area contributed by atoms with Crippen molar-refractivity contribution in [3.05, 3.63) is 59.3 Å². The zero-order chi connectivity index (χ0) is 27.8. The van der Waals surface area contributed by atoms with Crippen molar-refractivity contribution >= 4 is 32.6 Å². The topological polar surface area (TPSA) is 113 Å². The molecule has 0 aliphatic rings. The SMILES string of the molecule is COc1cc(CC(F)(F)F)c(-c2nc(NCc3cc(F)ccc3N(C)S(C)(=O)=O)c3cn[nH]c3n2)cc1F. The molecule has 0 saturated carbocycles. The summed E-state index contributed by atoms with van der Waals surface area (Å²) in [6.07, 6.45) is -3.65. The highest BCUT2D eigenvalue weighted by Crippen LogP contribution is 2.34. The van der Waals surface area contributed by atoms with E-state index in [-0.39, 0.29) is 52.0 Å². The first-order chi connectivity index (χ1) is 17.8. The van der Waals surface area contributed by atoms with Gasteiger partial charge in [0.1, 0.15) is 11.6 Å². The second kappa shape index (κ2) is 10.0. The third-order valence-electron chi connectivity index (χ3n) is 5.64. The number of methoxy groups -OCH3 is 1. The zero-order valence-electron chi connectivity index (χ0n) is 20.2. The number of halogens is 5. The summed E-state index contributed by atoms with van der Waals surface area (Å²) in [5.41, 5.74) is 0.0531. The summed E-state index contributed by atoms with van der Waals surface area (Å²) in [6.45, 7) is -0.129. The second-order valence-corrected chi connectivity index (χ2v) is 10.3. The molecular formula is C23H21F5N6O3S. The number of hydrogen-bond donors (Lipinski definition) is 2. The van der Waals surface area contributed by atoms with E-state index in [1.807, 2.05) is 0 Å². The molecule has 0 radical (unpaired) electrons. The van der Waals surface area contributed by atoms with Crippen molar-refractivity contribution in [2.75, 3.05) is 30.0 Å². The van der Waals surface area contributed by atoms with Crippen LogP contribution in [0.2, 0.25) is 0 Å². The van der Waals surface area contributed by atoms with Gasteiger partial charge in [0.25, 0.3) is 0 Å². The van der Waals surface area contributed by atoms with Gasteiger partial charge < -0.3 is 10.1 Å². The lowest BCUT2D eigenvalue weighted by Crippen LogP contribution is -2.26. The monoisotopic (exact) mass is 556 g/mol. The van der Waals surface area contributed by atoms with E-state index < -0.39 is 34.3 Å². The standard InChI is InChI=1S/C23H21F5N6O3S/c1-34(38(3,35)36)18-5-4-14(24)6-13(18)10-29-20-16-11-30-33-22(16)32-21(31-20)15-8-17(25)19(37-2)7-12(15)9-23(26,27)28/h4-8,11H,9-10H2,1-3H3,(H2,29,30,31,32,33). The number of benzene rings is 2. The van der Waals surface area contributed by atoms with Gasteiger partial charge in [-0.2, -0.15) is 18.3 Å². The van der Waals surface area contributed by atoms with Crippen LogP contribution in [-0.4, -0.2) is 55.2 Å². The molecule has 2 aromatic carbocycles. The van der Waals surface area contributed by atoms with Crippen molar-refractivity contribution in [1.82, 2.24) is 20.2 Å². The summed E-state index contributed by atoms with van der Waals surface area (Å²) in [6, 6.07) is 5.34. The van der Waals surface area contributed by atoms with E-state index in [0.717, 1.165) is 41.9 Å². The number of nitrogens with one attached hydrogen (secondary N) is 2. The number of aromatic amines is 1. The minimum absolute atomic E-state index is 0.0881. The van der Waals surface area contributed by atoms with Crippen LogP contribution in [0.1, 0.15) is 11.1 Å². The molecule has 38 heavy (non-hydrogen) atoms. The van der Waals surface area contributed by atoms with Gasteiger partial charge in [0, 0.05) is 19.2 Å². The first-order valence-electron chi connectivity index (χ1n) is 10.9. The number of ether oxygens (including phenoxy) is 1. The van der Waals surface area contributed by atoms with Gasteiger partial charge in [-0.05, 0) is 41.5 Å². The lowest BCUT2D eigenvalue weighted by molar-refractivity contribution is -0.127. The number of anilines is 2. The van der Waals surface area contributed by atoms with Crippen molar-refractivity contribution in [2.24, 2.45) is 0 Å². The van der Waals surface area contributed by atoms with Crippen molar-refractivity contribution in [3.8, 4) is 17.1 Å². The van der Waals surface area contributed by atoms with Gasteiger partial charge in [-0.15, -0.1) is 0 Å². The van der Waals surface area contributed by atoms with Crippen LogP contribution in [0, 0.1) is 11.6 Å². The Hall–Kier alpha value is -4.01. The maximum absolute atomic E-state index is 14.5. The maximum Gasteiger partial charge on any atom is 0.393 e. The van der Waals surface area contributed by atoms with Crippen LogP contribution in [0.25, 0.3) is 22.4 Å². The molecule has 0 bridgehead atoms. The van der Waals surface area contributed by atoms with E-state index in [0.29, 0.717) is 5.39 Å². The molecule has 2 heterocycles. The third-order valence-corrected chi connectivity index (χ3v) is 6.84. The van der Waals surface area contributed by atoms with E-state index in [1.54, 1.807) is 0 Å². The molecule has 4 aromatic rings. The molecule has 0 saturated heterocycles. The summed E-state index contributed by atoms with van der Waals surface area (Å²) in [5, 5.41) is 9.77. The summed E-state index contributed by atoms with van der Waals surface area (Å²) in [4.78, 5) is 8.52. The molecule has 15 heteroatoms. The number of aromatic nitrogens is 4. The Labute approximate surface area is 213 Å². The Morgan fingerprint density at radius 3 is 2.50 bits per heavy atom. The lowest BCUT2D eigenvalue weighted by Gasteiger charge is -2.21. The molecule has 0 aliphatic heterocycles. The van der Waals surface area contributed by atoms with Gasteiger partial charge in [-0.25, -0.2) is 27.2 Å². The molecule has 0 spiro atoms. The van der Waals surface area contributed by atoms with Crippen molar-refractivity contribution < 1.29 is 35.1 Å². The van der Waals surface area contributed by atoms with Crippen LogP contribution in [0.3, 0.4) is 0 Å². The largest absolute Gasteiger partial charge is 0.494 e. The fourth-order valence-electron chi connectivity index (χ4n) is 3.77. The predicted octanol–water partition coefficient (Wildman–Crippen LogP) is 4.42. The molecule has 2 aromatic heterocycles. The van der Waals surface area contributed by atoms with Gasteiger partial charge in [-0.1, -0.05) is 0 Å². The first-order valence-corrected chi connectivity index (χ1v) is 12.7. The highest BCUT2D eigenvalue weighted by Gasteiger charge is 2.31. The van der Waals surface area contributed by atoms with Gasteiger partial charge >= 0.3 is 6.18 Å². The molecule has 0 unspecified atom stereocenters. The average Bonchev–Trinajstić information content (AvgIpc) is 3.30. The number of hydrogen-bond acceptors (Lipinski definition) is 7. The van der Waals surface area contributed by atoms with E-state index in [2.05, 4.69) is 25.5 Å². The Bertz CT molecular complexity index is 1610. The summed E-state index contributed by atoms with van der Waals surface area (Å²) < 4.78 is 98.4. The van der Waals surface area contributed by atoms with E-state index >= 15 is 0 Å². The van der Waals surface area contributed by atoms with Crippen molar-refractivity contribution in [1.29, 1.82) is 0 Å². The fourth-order valence-corrected chi connectivity index (χ4v) is 4.31. The van der Waals surface area contributed by atoms with Crippen LogP contribution in [0.15, 0.2) is 36.5 Å². The number of alkyl halides is 3. The van der Waals surface area contributed by atoms with Gasteiger partial charge in [0.15, 0.2) is 23.0 Å². The fraction of sp³-hybridized carbons (Fsp3) is 0.261. The van der Waals surface area contributed by atoms with E-state index in [9.17, 15) is 30.4 Å². The maximum atomic E-state index is 14.5. The van der Waals surface area contributed by atoms with Crippen LogP contribution < -0.4 is 14.4 Å². The summed E-state index contributed by atoms with van der Waals surface area (Å²) in [5.74, 6) is -2.05. The minimum atomic E-state index is -4.61. The molecule has 2 N–H and O–H groups in total. The van der Waals surface area contributed by atoms with E-state index in [4.69, 9.17) is 4.74 Å². The highest BCUT2D eigenvalue weighted by atomic mass is 32.2. The highest BCUT2D eigenvalue weighted by molar-refractivity contribution is 7.92. The number of sulfonamides is 1. The van der Waals surface area contributed by atoms with Crippen LogP contribution in [-0.2, 0) is 23.0 Å². The number of H-pyrrole nitrogens is 1. The average molecular weight is 557 g/mol. The molecule has 9 nitrogen and oxygen atoms in total. The van der Waals surface area contributed by atoms with Crippen LogP contribution in [0.4, 0.5) is 33.5 Å². The van der Waals surface area contributed by atoms with E-state index in [1.165, 1.54) is 19.3 Å². The minimum Gasteiger partial charge on any atom is -0.494 e. The Morgan fingerprint density at radius 2 is 1.84 bits per heavy atom. The Morgan fingerprint density at radius 1 is 1.11 bits per heavy atom. The Balaban J connectivity index is 1.79. The van der Waals surface area contributed by atoms with Crippen LogP contribution >= 0.6 is 0 Å². The molecule has 0 aliphatic carbocycles. The summed E-state index contributed by atoms with van der Waals surface area (Å²) in [7, 11) is -1.23. The second-order valence-electron chi connectivity index (χ2n) is 8.32. The van der Waals surface area contributed by atoms with Gasteiger partial charge in [0.05, 0.1) is 37.1 Å². The third kappa shape index (κ3) is 5.77. The molecule has 202 valence electrons. The normalized spacial score (nSPS) is 12.1. The zero-order valence-corrected chi connectivity index (χ0v) is 21.0. The smallest absolute Gasteiger partial charge is 0.393 e. The van der Waals surface area contributed by atoms with Crippen molar-refractivity contribution in [3.63, 3.8) is 0 Å². The Kier molecular flexibility index (Phi) is 7.14. The number of rotatable bonds is 8. The predicted molar refractivity (Wildman–Crippen MR) is 130 cm³/mol. The quantitative estimate of drug-likeness (QED) is 0.309. The van der Waals surface area contributed by atoms with Gasteiger partial charge in [0.2, 0.25) is 10.0 Å².